The van der Waals surface area contributed by atoms with Crippen LogP contribution in [0.1, 0.15) is 30.4 Å². The van der Waals surface area contributed by atoms with Gasteiger partial charge in [0.15, 0.2) is 5.82 Å². The molecular formula is C34H29FN6O9S. The van der Waals surface area contributed by atoms with Crippen molar-refractivity contribution < 1.29 is 42.2 Å². The van der Waals surface area contributed by atoms with Crippen LogP contribution < -0.4 is 25.4 Å². The number of aromatic nitrogens is 2. The summed E-state index contributed by atoms with van der Waals surface area (Å²) in [6.07, 6.45) is 0.341. The Morgan fingerprint density at radius 1 is 0.980 bits per heavy atom. The Labute approximate surface area is 288 Å². The number of benzene rings is 4. The molecule has 2 aliphatic heterocycles. The first kappa shape index (κ1) is 33.4. The highest BCUT2D eigenvalue weighted by atomic mass is 32.2. The van der Waals surface area contributed by atoms with Crippen molar-refractivity contribution in [3.8, 4) is 16.9 Å². The molecule has 2 aliphatic rings. The maximum Gasteiger partial charge on any atom is 0.329 e. The molecular weight excluding hydrogens is 687 g/mol. The van der Waals surface area contributed by atoms with Crippen molar-refractivity contribution in [2.24, 2.45) is 7.05 Å². The standard InChI is InChI=1S/C34H29FN6O9S/c1-39-26-13-19(6-9-24(26)41(34(39)48)25-10-11-28(44)37-33(25)47)17-2-4-18(5-3-17)23(16-42)32(46)36-21-7-8-22-20(12-21)14-27(43)31(30(22)35)40-15-29(45)38-51(40,49)50/h2-9,12-14,23,25,42-43H,10-11,15-16H2,1H3,(H,36,46)(H,38,45)(H,37,44,47)/t23-,25?/m0/s1. The van der Waals surface area contributed by atoms with Crippen LogP contribution in [0, 0.1) is 5.82 Å². The summed E-state index contributed by atoms with van der Waals surface area (Å²) in [7, 11) is -2.79. The van der Waals surface area contributed by atoms with Gasteiger partial charge in [-0.15, -0.1) is 0 Å². The topological polar surface area (TPSA) is 209 Å². The van der Waals surface area contributed by atoms with Crippen LogP contribution in [0.4, 0.5) is 15.8 Å². The van der Waals surface area contributed by atoms with Crippen LogP contribution in [0.25, 0.3) is 32.9 Å². The lowest BCUT2D eigenvalue weighted by Gasteiger charge is -2.21. The summed E-state index contributed by atoms with van der Waals surface area (Å²) >= 11 is 0. The van der Waals surface area contributed by atoms with Crippen LogP contribution in [0.2, 0.25) is 0 Å². The monoisotopic (exact) mass is 716 g/mol. The van der Waals surface area contributed by atoms with Crippen molar-refractivity contribution in [3.05, 3.63) is 88.6 Å². The summed E-state index contributed by atoms with van der Waals surface area (Å²) < 4.78 is 44.9. The molecule has 51 heavy (non-hydrogen) atoms. The zero-order valence-electron chi connectivity index (χ0n) is 26.7. The first-order valence-corrected chi connectivity index (χ1v) is 17.1. The molecule has 5 aromatic rings. The molecule has 0 bridgehead atoms. The molecule has 1 aromatic heterocycles. The van der Waals surface area contributed by atoms with E-state index in [1.165, 1.54) is 27.3 Å². The zero-order chi connectivity index (χ0) is 36.4. The Morgan fingerprint density at radius 3 is 2.37 bits per heavy atom. The number of imide groups is 1. The smallest absolute Gasteiger partial charge is 0.329 e. The lowest BCUT2D eigenvalue weighted by atomic mass is 9.95. The summed E-state index contributed by atoms with van der Waals surface area (Å²) in [5.41, 5.74) is 2.22. The van der Waals surface area contributed by atoms with Gasteiger partial charge < -0.3 is 15.5 Å². The van der Waals surface area contributed by atoms with Crippen LogP contribution in [-0.2, 0) is 36.4 Å². The maximum atomic E-state index is 15.5. The van der Waals surface area contributed by atoms with Gasteiger partial charge in [0.2, 0.25) is 17.7 Å². The molecule has 2 saturated heterocycles. The van der Waals surface area contributed by atoms with Crippen molar-refractivity contribution >= 4 is 67.0 Å². The molecule has 0 saturated carbocycles. The van der Waals surface area contributed by atoms with Gasteiger partial charge in [-0.05, 0) is 64.9 Å². The number of hydrogen-bond donors (Lipinski definition) is 5. The van der Waals surface area contributed by atoms with E-state index in [0.29, 0.717) is 20.9 Å². The summed E-state index contributed by atoms with van der Waals surface area (Å²) in [5.74, 6) is -5.18. The number of anilines is 2. The molecule has 5 N–H and O–H groups in total. The number of aliphatic hydroxyl groups is 1. The number of nitrogens with zero attached hydrogens (tertiary/aromatic N) is 3. The molecule has 17 heteroatoms. The van der Waals surface area contributed by atoms with E-state index in [1.807, 2.05) is 0 Å². The first-order valence-electron chi connectivity index (χ1n) is 15.6. The van der Waals surface area contributed by atoms with Gasteiger partial charge in [0.1, 0.15) is 24.0 Å². The highest BCUT2D eigenvalue weighted by Crippen LogP contribution is 2.39. The maximum absolute atomic E-state index is 15.5. The fourth-order valence-corrected chi connectivity index (χ4v) is 7.71. The number of phenolic OH excluding ortho intramolecular Hbond substituents is 1. The van der Waals surface area contributed by atoms with Crippen LogP contribution >= 0.6 is 0 Å². The third-order valence-corrected chi connectivity index (χ3v) is 10.5. The Bertz CT molecular complexity index is 2490. The molecule has 7 rings (SSSR count). The van der Waals surface area contributed by atoms with Gasteiger partial charge in [-0.3, -0.25) is 33.6 Å². The molecule has 2 atom stereocenters. The molecule has 2 fully saturated rings. The van der Waals surface area contributed by atoms with Crippen LogP contribution in [0.5, 0.6) is 5.75 Å². The second kappa shape index (κ2) is 12.4. The van der Waals surface area contributed by atoms with E-state index in [1.54, 1.807) is 54.2 Å². The Balaban J connectivity index is 1.11. The Kier molecular flexibility index (Phi) is 8.10. The average Bonchev–Trinajstić information content (AvgIpc) is 3.50. The van der Waals surface area contributed by atoms with E-state index in [4.69, 9.17) is 0 Å². The number of hydrogen-bond acceptors (Lipinski definition) is 9. The molecule has 0 spiro atoms. The second-order valence-electron chi connectivity index (χ2n) is 12.3. The van der Waals surface area contributed by atoms with Gasteiger partial charge in [-0.25, -0.2) is 18.2 Å². The van der Waals surface area contributed by atoms with Gasteiger partial charge in [-0.2, -0.15) is 8.42 Å². The number of nitrogens with one attached hydrogen (secondary N) is 3. The predicted octanol–water partition coefficient (Wildman–Crippen LogP) is 1.88. The summed E-state index contributed by atoms with van der Waals surface area (Å²) in [6.45, 7) is -1.25. The molecule has 0 aliphatic carbocycles. The summed E-state index contributed by atoms with van der Waals surface area (Å²) in [4.78, 5) is 62.2. The SMILES string of the molecule is Cn1c(=O)n(C2CCC(=O)NC2=O)c2ccc(-c3ccc([C@H](CO)C(=O)Nc4ccc5c(F)c(N6CC(=O)NS6(=O)=O)c(O)cc5c4)cc3)cc21. The number of carbonyl (C=O) groups excluding carboxylic acids is 4. The minimum Gasteiger partial charge on any atom is -0.506 e. The minimum absolute atomic E-state index is 0.0737. The van der Waals surface area contributed by atoms with Crippen molar-refractivity contribution in [1.82, 2.24) is 19.2 Å². The summed E-state index contributed by atoms with van der Waals surface area (Å²) in [6, 6.07) is 16.5. The third kappa shape index (κ3) is 5.75. The molecule has 4 aromatic carbocycles. The lowest BCUT2D eigenvalue weighted by molar-refractivity contribution is -0.135. The van der Waals surface area contributed by atoms with Gasteiger partial charge in [-0.1, -0.05) is 30.3 Å². The highest BCUT2D eigenvalue weighted by molar-refractivity contribution is 7.92. The van der Waals surface area contributed by atoms with Crippen LogP contribution in [-0.4, -0.2) is 64.5 Å². The number of fused-ring (bicyclic) bond motifs is 2. The number of rotatable bonds is 7. The fraction of sp³-hybridized carbons (Fsp3) is 0.206. The van der Waals surface area contributed by atoms with Crippen molar-refractivity contribution in [2.45, 2.75) is 24.8 Å². The molecule has 3 heterocycles. The molecule has 0 radical (unpaired) electrons. The number of halogens is 1. The van der Waals surface area contributed by atoms with Gasteiger partial charge >= 0.3 is 15.9 Å². The van der Waals surface area contributed by atoms with Crippen molar-refractivity contribution in [2.75, 3.05) is 22.8 Å². The molecule has 262 valence electrons. The molecule has 1 unspecified atom stereocenters. The van der Waals surface area contributed by atoms with E-state index >= 15 is 4.39 Å². The quantitative estimate of drug-likeness (QED) is 0.156. The van der Waals surface area contributed by atoms with Gasteiger partial charge in [0.05, 0.1) is 23.6 Å². The van der Waals surface area contributed by atoms with E-state index < -0.39 is 76.0 Å². The summed E-state index contributed by atoms with van der Waals surface area (Å²) in [5, 5.41) is 25.7. The largest absolute Gasteiger partial charge is 0.506 e. The van der Waals surface area contributed by atoms with Crippen molar-refractivity contribution in [3.63, 3.8) is 0 Å². The number of carbonyl (C=O) groups is 4. The van der Waals surface area contributed by atoms with Crippen LogP contribution in [0.15, 0.2) is 71.5 Å². The Hall–Kier alpha value is -6.07. The number of phenols is 1. The fourth-order valence-electron chi connectivity index (χ4n) is 6.55. The van der Waals surface area contributed by atoms with Gasteiger partial charge in [0.25, 0.3) is 5.91 Å². The third-order valence-electron chi connectivity index (χ3n) is 9.12. The molecule has 4 amide bonds. The second-order valence-corrected chi connectivity index (χ2v) is 13.9. The normalized spacial score (nSPS) is 17.8. The van der Waals surface area contributed by atoms with E-state index in [-0.39, 0.29) is 35.2 Å². The highest BCUT2D eigenvalue weighted by Gasteiger charge is 2.38. The lowest BCUT2D eigenvalue weighted by Crippen LogP contribution is -2.44. The number of aryl methyl sites for hydroxylation is 1. The Morgan fingerprint density at radius 2 is 1.71 bits per heavy atom. The molecule has 15 nitrogen and oxygen atoms in total. The number of piperidine rings is 1. The number of aliphatic hydroxyl groups excluding tert-OH is 1. The zero-order valence-corrected chi connectivity index (χ0v) is 27.5. The predicted molar refractivity (Wildman–Crippen MR) is 182 cm³/mol. The number of aromatic hydroxyl groups is 1. The van der Waals surface area contributed by atoms with E-state index in [0.717, 1.165) is 17.2 Å². The number of imidazole rings is 1. The van der Waals surface area contributed by atoms with E-state index in [2.05, 4.69) is 10.6 Å². The van der Waals surface area contributed by atoms with Crippen molar-refractivity contribution in [1.29, 1.82) is 0 Å². The first-order chi connectivity index (χ1) is 24.3. The number of amides is 4. The average molecular weight is 717 g/mol. The van der Waals surface area contributed by atoms with Gasteiger partial charge in [0, 0.05) is 24.5 Å². The van der Waals surface area contributed by atoms with E-state index in [9.17, 15) is 42.6 Å². The van der Waals surface area contributed by atoms with Crippen LogP contribution in [0.3, 0.4) is 0 Å². The minimum atomic E-state index is -4.38.